The number of aliphatic hydroxyl groups is 1. The van der Waals surface area contributed by atoms with Gasteiger partial charge in [0.1, 0.15) is 0 Å². The largest absolute Gasteiger partial charge is 0.454 e. The van der Waals surface area contributed by atoms with Crippen LogP contribution in [0.5, 0.6) is 11.5 Å². The molecule has 0 aromatic heterocycles. The highest BCUT2D eigenvalue weighted by Gasteiger charge is 2.42. The Hall–Kier alpha value is -1.75. The van der Waals surface area contributed by atoms with Crippen molar-refractivity contribution in [2.45, 2.75) is 45.4 Å². The van der Waals surface area contributed by atoms with Gasteiger partial charge in [-0.15, -0.1) is 0 Å². The van der Waals surface area contributed by atoms with Gasteiger partial charge < -0.3 is 19.5 Å². The average Bonchev–Trinajstić information content (AvgIpc) is 3.02. The summed E-state index contributed by atoms with van der Waals surface area (Å²) in [4.78, 5) is 14.4. The number of rotatable bonds is 5. The van der Waals surface area contributed by atoms with Gasteiger partial charge in [-0.05, 0) is 48.8 Å². The van der Waals surface area contributed by atoms with Gasteiger partial charge in [0.05, 0.1) is 6.61 Å². The van der Waals surface area contributed by atoms with Gasteiger partial charge >= 0.3 is 0 Å². The molecule has 0 radical (unpaired) electrons. The topological polar surface area (TPSA) is 59.0 Å². The van der Waals surface area contributed by atoms with Gasteiger partial charge in [0.2, 0.25) is 12.7 Å². The zero-order chi connectivity index (χ0) is 17.5. The van der Waals surface area contributed by atoms with E-state index in [-0.39, 0.29) is 23.3 Å². The maximum atomic E-state index is 12.4. The van der Waals surface area contributed by atoms with Crippen LogP contribution in [0.1, 0.15) is 44.6 Å². The number of aliphatic hydroxyl groups excluding tert-OH is 1. The smallest absolute Gasteiger partial charge is 0.231 e. The number of ether oxygens (including phenoxy) is 2. The van der Waals surface area contributed by atoms with Crippen molar-refractivity contribution in [1.82, 2.24) is 4.90 Å². The van der Waals surface area contributed by atoms with Crippen LogP contribution in [0.2, 0.25) is 0 Å². The summed E-state index contributed by atoms with van der Waals surface area (Å²) in [7, 11) is 0. The Balaban J connectivity index is 1.46. The highest BCUT2D eigenvalue weighted by Crippen LogP contribution is 2.43. The molecule has 2 fully saturated rings. The van der Waals surface area contributed by atoms with Crippen LogP contribution in [-0.4, -0.2) is 42.4 Å². The van der Waals surface area contributed by atoms with Gasteiger partial charge in [0.25, 0.3) is 0 Å². The number of carbonyl (C=O) groups is 1. The lowest BCUT2D eigenvalue weighted by molar-refractivity contribution is -0.141. The van der Waals surface area contributed by atoms with Crippen molar-refractivity contribution in [1.29, 1.82) is 0 Å². The maximum absolute atomic E-state index is 12.4. The van der Waals surface area contributed by atoms with Gasteiger partial charge in [-0.3, -0.25) is 4.79 Å². The minimum atomic E-state index is -0.0489. The predicted octanol–water partition coefficient (Wildman–Crippen LogP) is 2.75. The van der Waals surface area contributed by atoms with E-state index in [0.29, 0.717) is 19.8 Å². The van der Waals surface area contributed by atoms with E-state index in [1.165, 1.54) is 5.56 Å². The lowest BCUT2D eigenvalue weighted by Crippen LogP contribution is -2.53. The number of hydrogen-bond donors (Lipinski definition) is 1. The molecule has 0 bridgehead atoms. The summed E-state index contributed by atoms with van der Waals surface area (Å²) in [5, 5.41) is 9.74. The van der Waals surface area contributed by atoms with Crippen molar-refractivity contribution >= 4 is 5.91 Å². The molecule has 0 unspecified atom stereocenters. The number of fused-ring (bicyclic) bond motifs is 1. The molecule has 1 saturated heterocycles. The number of benzene rings is 1. The number of amides is 1. The summed E-state index contributed by atoms with van der Waals surface area (Å²) in [5.41, 5.74) is 1.23. The summed E-state index contributed by atoms with van der Waals surface area (Å²) in [6, 6.07) is 6.14. The summed E-state index contributed by atoms with van der Waals surface area (Å²) >= 11 is 0. The lowest BCUT2D eigenvalue weighted by Gasteiger charge is -2.48. The molecule has 1 aliphatic carbocycles. The van der Waals surface area contributed by atoms with Crippen LogP contribution in [0.15, 0.2) is 18.2 Å². The van der Waals surface area contributed by atoms with Gasteiger partial charge in [0, 0.05) is 24.9 Å². The molecule has 1 N–H and O–H groups in total. The van der Waals surface area contributed by atoms with Crippen molar-refractivity contribution in [2.75, 3.05) is 26.5 Å². The van der Waals surface area contributed by atoms with Crippen molar-refractivity contribution in [3.8, 4) is 11.5 Å². The molecule has 1 saturated carbocycles. The van der Waals surface area contributed by atoms with Crippen molar-refractivity contribution < 1.29 is 19.4 Å². The van der Waals surface area contributed by atoms with Crippen molar-refractivity contribution in [2.24, 2.45) is 10.8 Å². The lowest BCUT2D eigenvalue weighted by atomic mass is 9.68. The monoisotopic (exact) mass is 345 g/mol. The molecule has 3 aliphatic rings. The molecular formula is C20H27NO4. The number of nitrogens with zero attached hydrogens (tertiary/aromatic N) is 1. The highest BCUT2D eigenvalue weighted by molar-refractivity contribution is 5.77. The van der Waals surface area contributed by atoms with Crippen LogP contribution < -0.4 is 9.47 Å². The maximum Gasteiger partial charge on any atom is 0.231 e. The SMILES string of the molecule is C[C@]1(Cc2ccc3c(c2)OCO3)CCC(=O)N(CC2(CO)CCC2)C1. The summed E-state index contributed by atoms with van der Waals surface area (Å²) in [5.74, 6) is 1.87. The van der Waals surface area contributed by atoms with Gasteiger partial charge in [0.15, 0.2) is 11.5 Å². The van der Waals surface area contributed by atoms with E-state index in [1.54, 1.807) is 0 Å². The Morgan fingerprint density at radius 1 is 1.20 bits per heavy atom. The first-order valence-corrected chi connectivity index (χ1v) is 9.28. The normalized spacial score (nSPS) is 27.3. The third-order valence-corrected chi connectivity index (χ3v) is 6.21. The van der Waals surface area contributed by atoms with Crippen LogP contribution in [-0.2, 0) is 11.2 Å². The molecule has 1 atom stereocenters. The van der Waals surface area contributed by atoms with Crippen LogP contribution in [0, 0.1) is 10.8 Å². The molecule has 1 aromatic rings. The Morgan fingerprint density at radius 2 is 2.00 bits per heavy atom. The van der Waals surface area contributed by atoms with Crippen LogP contribution in [0.3, 0.4) is 0 Å². The molecular weight excluding hydrogens is 318 g/mol. The van der Waals surface area contributed by atoms with E-state index in [9.17, 15) is 9.90 Å². The van der Waals surface area contributed by atoms with E-state index in [4.69, 9.17) is 9.47 Å². The van der Waals surface area contributed by atoms with Crippen LogP contribution in [0.25, 0.3) is 0 Å². The fourth-order valence-corrected chi connectivity index (χ4v) is 4.47. The molecule has 5 heteroatoms. The van der Waals surface area contributed by atoms with E-state index >= 15 is 0 Å². The third-order valence-electron chi connectivity index (χ3n) is 6.21. The molecule has 4 rings (SSSR count). The summed E-state index contributed by atoms with van der Waals surface area (Å²) in [6.45, 7) is 4.22. The highest BCUT2D eigenvalue weighted by atomic mass is 16.7. The fourth-order valence-electron chi connectivity index (χ4n) is 4.47. The summed E-state index contributed by atoms with van der Waals surface area (Å²) in [6.07, 6.45) is 5.65. The Labute approximate surface area is 148 Å². The van der Waals surface area contributed by atoms with Gasteiger partial charge in [-0.2, -0.15) is 0 Å². The first-order valence-electron chi connectivity index (χ1n) is 9.28. The first kappa shape index (κ1) is 16.7. The van der Waals surface area contributed by atoms with E-state index in [1.807, 2.05) is 11.0 Å². The van der Waals surface area contributed by atoms with Crippen molar-refractivity contribution in [3.05, 3.63) is 23.8 Å². The quantitative estimate of drug-likeness (QED) is 0.891. The standard InChI is InChI=1S/C20H27NO4/c1-19(10-15-3-4-16-17(9-15)25-14-24-16)8-5-18(23)21(11-19)12-20(13-22)6-2-7-20/h3-4,9,22H,2,5-8,10-14H2,1H3/t19-/m1/s1. The van der Waals surface area contributed by atoms with E-state index < -0.39 is 0 Å². The zero-order valence-electron chi connectivity index (χ0n) is 14.9. The second-order valence-electron chi connectivity index (χ2n) is 8.44. The minimum absolute atomic E-state index is 0.0489. The summed E-state index contributed by atoms with van der Waals surface area (Å²) < 4.78 is 10.9. The Kier molecular flexibility index (Phi) is 4.14. The van der Waals surface area contributed by atoms with E-state index in [2.05, 4.69) is 19.1 Å². The molecule has 0 spiro atoms. The number of hydrogen-bond acceptors (Lipinski definition) is 4. The second-order valence-corrected chi connectivity index (χ2v) is 8.44. The first-order chi connectivity index (χ1) is 12.0. The number of piperidine rings is 1. The van der Waals surface area contributed by atoms with Crippen LogP contribution in [0.4, 0.5) is 0 Å². The zero-order valence-corrected chi connectivity index (χ0v) is 14.9. The van der Waals surface area contributed by atoms with Gasteiger partial charge in [-0.1, -0.05) is 19.4 Å². The fraction of sp³-hybridized carbons (Fsp3) is 0.650. The molecule has 5 nitrogen and oxygen atoms in total. The molecule has 1 aromatic carbocycles. The average molecular weight is 345 g/mol. The minimum Gasteiger partial charge on any atom is -0.454 e. The third kappa shape index (κ3) is 3.22. The second kappa shape index (κ2) is 6.20. The molecule has 2 heterocycles. The Morgan fingerprint density at radius 3 is 2.72 bits per heavy atom. The number of carbonyl (C=O) groups excluding carboxylic acids is 1. The molecule has 136 valence electrons. The van der Waals surface area contributed by atoms with E-state index in [0.717, 1.165) is 50.1 Å². The van der Waals surface area contributed by atoms with Crippen molar-refractivity contribution in [3.63, 3.8) is 0 Å². The molecule has 25 heavy (non-hydrogen) atoms. The number of likely N-dealkylation sites (tertiary alicyclic amines) is 1. The van der Waals surface area contributed by atoms with Gasteiger partial charge in [-0.25, -0.2) is 0 Å². The van der Waals surface area contributed by atoms with Crippen LogP contribution >= 0.6 is 0 Å². The predicted molar refractivity (Wildman–Crippen MR) is 93.6 cm³/mol. The molecule has 1 amide bonds. The Bertz CT molecular complexity index is 664. The molecule has 2 aliphatic heterocycles.